The molecular formula is C22H28N2O6S. The van der Waals surface area contributed by atoms with E-state index >= 15 is 0 Å². The second-order valence-electron chi connectivity index (χ2n) is 7.28. The van der Waals surface area contributed by atoms with Crippen LogP contribution in [0.25, 0.3) is 0 Å². The predicted molar refractivity (Wildman–Crippen MR) is 117 cm³/mol. The van der Waals surface area contributed by atoms with Gasteiger partial charge in [-0.15, -0.1) is 0 Å². The Labute approximate surface area is 183 Å². The van der Waals surface area contributed by atoms with Crippen LogP contribution in [0.2, 0.25) is 0 Å². The molecule has 0 radical (unpaired) electrons. The average Bonchev–Trinajstić information content (AvgIpc) is 3.29. The fourth-order valence-electron chi connectivity index (χ4n) is 3.64. The summed E-state index contributed by atoms with van der Waals surface area (Å²) in [5.41, 5.74) is 0.358. The van der Waals surface area contributed by atoms with Gasteiger partial charge in [-0.3, -0.25) is 9.10 Å². The molecule has 2 aromatic carbocycles. The quantitative estimate of drug-likeness (QED) is 0.634. The molecule has 0 atom stereocenters. The fraction of sp³-hybridized carbons (Fsp3) is 0.409. The summed E-state index contributed by atoms with van der Waals surface area (Å²) in [4.78, 5) is 12.7. The number of anilines is 1. The Hall–Kier alpha value is -2.94. The number of rotatable bonds is 9. The zero-order chi connectivity index (χ0) is 22.4. The molecule has 168 valence electrons. The largest absolute Gasteiger partial charge is 0.497 e. The molecule has 31 heavy (non-hydrogen) atoms. The molecule has 0 aliphatic heterocycles. The van der Waals surface area contributed by atoms with Crippen LogP contribution in [0.4, 0.5) is 5.69 Å². The van der Waals surface area contributed by atoms with Crippen molar-refractivity contribution in [3.05, 3.63) is 42.5 Å². The highest BCUT2D eigenvalue weighted by atomic mass is 32.2. The Morgan fingerprint density at radius 1 is 0.968 bits per heavy atom. The smallest absolute Gasteiger partial charge is 0.264 e. The first kappa shape index (κ1) is 22.7. The van der Waals surface area contributed by atoms with E-state index in [1.807, 2.05) is 0 Å². The molecule has 0 spiro atoms. The van der Waals surface area contributed by atoms with E-state index in [1.165, 1.54) is 39.5 Å². The van der Waals surface area contributed by atoms with Crippen LogP contribution in [0.5, 0.6) is 17.2 Å². The van der Waals surface area contributed by atoms with Gasteiger partial charge >= 0.3 is 0 Å². The Balaban J connectivity index is 1.96. The molecule has 1 saturated carbocycles. The van der Waals surface area contributed by atoms with Crippen molar-refractivity contribution in [3.63, 3.8) is 0 Å². The third kappa shape index (κ3) is 5.22. The van der Waals surface area contributed by atoms with Crippen LogP contribution in [-0.4, -0.2) is 48.2 Å². The maximum atomic E-state index is 13.5. The summed E-state index contributed by atoms with van der Waals surface area (Å²) < 4.78 is 43.8. The maximum Gasteiger partial charge on any atom is 0.264 e. The second-order valence-corrected chi connectivity index (χ2v) is 9.14. The van der Waals surface area contributed by atoms with Crippen LogP contribution < -0.4 is 23.8 Å². The minimum absolute atomic E-state index is 0.00497. The van der Waals surface area contributed by atoms with Crippen LogP contribution >= 0.6 is 0 Å². The van der Waals surface area contributed by atoms with E-state index < -0.39 is 10.0 Å². The van der Waals surface area contributed by atoms with E-state index in [9.17, 15) is 13.2 Å². The number of nitrogens with zero attached hydrogens (tertiary/aromatic N) is 1. The summed E-state index contributed by atoms with van der Waals surface area (Å²) in [5, 5.41) is 2.95. The molecule has 8 nitrogen and oxygen atoms in total. The highest BCUT2D eigenvalue weighted by molar-refractivity contribution is 7.92. The van der Waals surface area contributed by atoms with E-state index in [4.69, 9.17) is 14.2 Å². The van der Waals surface area contributed by atoms with Crippen molar-refractivity contribution in [1.29, 1.82) is 0 Å². The number of hydrogen-bond donors (Lipinski definition) is 1. The SMILES string of the molecule is COc1ccc(N(CC(=O)NC2CCCC2)S(=O)(=O)c2ccc(OC)c(OC)c2)cc1. The van der Waals surface area contributed by atoms with E-state index in [1.54, 1.807) is 24.3 Å². The van der Waals surface area contributed by atoms with Crippen molar-refractivity contribution < 1.29 is 27.4 Å². The summed E-state index contributed by atoms with van der Waals surface area (Å²) >= 11 is 0. The third-order valence-corrected chi connectivity index (χ3v) is 7.08. The topological polar surface area (TPSA) is 94.2 Å². The minimum Gasteiger partial charge on any atom is -0.497 e. The molecule has 1 amide bonds. The number of hydrogen-bond acceptors (Lipinski definition) is 6. The Morgan fingerprint density at radius 2 is 1.61 bits per heavy atom. The molecule has 0 unspecified atom stereocenters. The first-order valence-corrected chi connectivity index (χ1v) is 11.5. The molecule has 0 heterocycles. The second kappa shape index (κ2) is 9.91. The molecule has 1 fully saturated rings. The van der Waals surface area contributed by atoms with Gasteiger partial charge in [0.2, 0.25) is 5.91 Å². The molecule has 3 rings (SSSR count). The maximum absolute atomic E-state index is 13.5. The molecule has 1 aliphatic carbocycles. The van der Waals surface area contributed by atoms with Gasteiger partial charge in [0.05, 0.1) is 31.9 Å². The van der Waals surface area contributed by atoms with Crippen molar-refractivity contribution in [2.45, 2.75) is 36.6 Å². The number of benzene rings is 2. The molecule has 1 aliphatic rings. The normalized spacial score (nSPS) is 14.2. The van der Waals surface area contributed by atoms with Crippen molar-refractivity contribution in [3.8, 4) is 17.2 Å². The number of ether oxygens (including phenoxy) is 3. The van der Waals surface area contributed by atoms with Gasteiger partial charge < -0.3 is 19.5 Å². The third-order valence-electron chi connectivity index (χ3n) is 5.31. The van der Waals surface area contributed by atoms with E-state index in [-0.39, 0.29) is 29.1 Å². The number of nitrogens with one attached hydrogen (secondary N) is 1. The number of methoxy groups -OCH3 is 3. The summed E-state index contributed by atoms with van der Waals surface area (Å²) in [6.45, 7) is -0.334. The zero-order valence-electron chi connectivity index (χ0n) is 18.0. The number of carbonyl (C=O) groups is 1. The van der Waals surface area contributed by atoms with Gasteiger partial charge in [0.1, 0.15) is 12.3 Å². The lowest BCUT2D eigenvalue weighted by Crippen LogP contribution is -2.43. The van der Waals surface area contributed by atoms with Crippen molar-refractivity contribution >= 4 is 21.6 Å². The number of amides is 1. The van der Waals surface area contributed by atoms with Crippen molar-refractivity contribution in [1.82, 2.24) is 5.32 Å². The zero-order valence-corrected chi connectivity index (χ0v) is 18.8. The molecule has 0 bridgehead atoms. The Bertz CT molecular complexity index is 1000. The predicted octanol–water partition coefficient (Wildman–Crippen LogP) is 2.97. The van der Waals surface area contributed by atoms with Crippen LogP contribution in [0.3, 0.4) is 0 Å². The lowest BCUT2D eigenvalue weighted by Gasteiger charge is -2.25. The minimum atomic E-state index is -4.06. The molecule has 9 heteroatoms. The first-order chi connectivity index (χ1) is 14.9. The Kier molecular flexibility index (Phi) is 7.27. The molecule has 0 aromatic heterocycles. The average molecular weight is 449 g/mol. The van der Waals surface area contributed by atoms with Crippen LogP contribution in [-0.2, 0) is 14.8 Å². The van der Waals surface area contributed by atoms with Gasteiger partial charge in [0, 0.05) is 12.1 Å². The van der Waals surface area contributed by atoms with Gasteiger partial charge in [0.15, 0.2) is 11.5 Å². The molecule has 2 aromatic rings. The standard InChI is InChI=1S/C22H28N2O6S/c1-28-18-10-8-17(9-11-18)24(15-22(25)23-16-6-4-5-7-16)31(26,27)19-12-13-20(29-2)21(14-19)30-3/h8-14,16H,4-7,15H2,1-3H3,(H,23,25). The fourth-order valence-corrected chi connectivity index (χ4v) is 5.08. The van der Waals surface area contributed by atoms with Gasteiger partial charge in [-0.1, -0.05) is 12.8 Å². The van der Waals surface area contributed by atoms with Crippen LogP contribution in [0.1, 0.15) is 25.7 Å². The molecule has 1 N–H and O–H groups in total. The number of sulfonamides is 1. The van der Waals surface area contributed by atoms with Gasteiger partial charge in [-0.2, -0.15) is 0 Å². The Morgan fingerprint density at radius 3 is 2.19 bits per heavy atom. The monoisotopic (exact) mass is 448 g/mol. The van der Waals surface area contributed by atoms with Crippen LogP contribution in [0, 0.1) is 0 Å². The molecule has 0 saturated heterocycles. The highest BCUT2D eigenvalue weighted by Crippen LogP contribution is 2.32. The number of carbonyl (C=O) groups excluding carboxylic acids is 1. The van der Waals surface area contributed by atoms with Crippen LogP contribution in [0.15, 0.2) is 47.4 Å². The van der Waals surface area contributed by atoms with Gasteiger partial charge in [-0.05, 0) is 49.2 Å². The first-order valence-electron chi connectivity index (χ1n) is 10.1. The highest BCUT2D eigenvalue weighted by Gasteiger charge is 2.29. The van der Waals surface area contributed by atoms with E-state index in [0.717, 1.165) is 30.0 Å². The summed E-state index contributed by atoms with van der Waals surface area (Å²) in [5.74, 6) is 0.944. The van der Waals surface area contributed by atoms with Gasteiger partial charge in [0.25, 0.3) is 10.0 Å². The van der Waals surface area contributed by atoms with E-state index in [0.29, 0.717) is 17.2 Å². The summed E-state index contributed by atoms with van der Waals surface area (Å²) in [7, 11) is 0.376. The summed E-state index contributed by atoms with van der Waals surface area (Å²) in [6, 6.07) is 11.0. The molecular weight excluding hydrogens is 420 g/mol. The summed E-state index contributed by atoms with van der Waals surface area (Å²) in [6.07, 6.45) is 3.96. The van der Waals surface area contributed by atoms with Crippen molar-refractivity contribution in [2.24, 2.45) is 0 Å². The lowest BCUT2D eigenvalue weighted by atomic mass is 10.2. The van der Waals surface area contributed by atoms with Crippen molar-refractivity contribution in [2.75, 3.05) is 32.2 Å². The van der Waals surface area contributed by atoms with E-state index in [2.05, 4.69) is 5.32 Å². The van der Waals surface area contributed by atoms with Gasteiger partial charge in [-0.25, -0.2) is 8.42 Å². The lowest BCUT2D eigenvalue weighted by molar-refractivity contribution is -0.120.